The lowest BCUT2D eigenvalue weighted by Gasteiger charge is -2.15. The van der Waals surface area contributed by atoms with Crippen LogP contribution in [0.25, 0.3) is 10.9 Å². The number of hydrogen-bond donors (Lipinski definition) is 1. The smallest absolute Gasteiger partial charge is 0.124 e. The minimum atomic E-state index is 0.330. The highest BCUT2D eigenvalue weighted by molar-refractivity contribution is 9.10. The summed E-state index contributed by atoms with van der Waals surface area (Å²) in [5, 5.41) is 4.47. The predicted molar refractivity (Wildman–Crippen MR) is 106 cm³/mol. The summed E-state index contributed by atoms with van der Waals surface area (Å²) < 4.78 is 0.981. The van der Waals surface area contributed by atoms with Crippen molar-refractivity contribution < 1.29 is 4.79 Å². The van der Waals surface area contributed by atoms with Crippen LogP contribution in [0.3, 0.4) is 0 Å². The average molecular weight is 398 g/mol. The van der Waals surface area contributed by atoms with Gasteiger partial charge in [-0.1, -0.05) is 28.1 Å². The summed E-state index contributed by atoms with van der Waals surface area (Å²) in [6, 6.07) is 14.3. The number of fused-ring (bicyclic) bond motifs is 1. The van der Waals surface area contributed by atoms with Gasteiger partial charge in [0.25, 0.3) is 0 Å². The third-order valence-corrected chi connectivity index (χ3v) is 4.43. The van der Waals surface area contributed by atoms with Crippen LogP contribution in [0, 0.1) is 0 Å². The SMILES string of the molecule is CN(C)Cc1ccc(Nc2c(CC=O)cnc3ccc(Br)cc23)cc1. The molecule has 1 aromatic heterocycles. The van der Waals surface area contributed by atoms with E-state index in [1.54, 1.807) is 6.20 Å². The van der Waals surface area contributed by atoms with Gasteiger partial charge in [-0.15, -0.1) is 0 Å². The van der Waals surface area contributed by atoms with Gasteiger partial charge in [-0.05, 0) is 50.0 Å². The molecule has 3 rings (SSSR count). The minimum Gasteiger partial charge on any atom is -0.355 e. The number of carbonyl (C=O) groups excluding carboxylic acids is 1. The van der Waals surface area contributed by atoms with E-state index in [-0.39, 0.29) is 0 Å². The highest BCUT2D eigenvalue weighted by Gasteiger charge is 2.10. The van der Waals surface area contributed by atoms with Crippen LogP contribution in [0.1, 0.15) is 11.1 Å². The van der Waals surface area contributed by atoms with Gasteiger partial charge >= 0.3 is 0 Å². The van der Waals surface area contributed by atoms with E-state index in [2.05, 4.69) is 69.5 Å². The maximum absolute atomic E-state index is 11.1. The molecule has 25 heavy (non-hydrogen) atoms. The maximum Gasteiger partial charge on any atom is 0.124 e. The molecule has 0 saturated heterocycles. The molecule has 0 atom stereocenters. The second-order valence-corrected chi connectivity index (χ2v) is 7.17. The molecule has 0 radical (unpaired) electrons. The van der Waals surface area contributed by atoms with Crippen molar-refractivity contribution in [3.05, 3.63) is 64.3 Å². The molecule has 0 saturated carbocycles. The molecule has 4 nitrogen and oxygen atoms in total. The Morgan fingerprint density at radius 3 is 2.60 bits per heavy atom. The van der Waals surface area contributed by atoms with E-state index in [1.807, 2.05) is 18.2 Å². The predicted octanol–water partition coefficient (Wildman–Crippen LogP) is 4.54. The van der Waals surface area contributed by atoms with Crippen LogP contribution in [-0.4, -0.2) is 30.3 Å². The second kappa shape index (κ2) is 7.76. The zero-order valence-corrected chi connectivity index (χ0v) is 15.9. The molecule has 0 bridgehead atoms. The van der Waals surface area contributed by atoms with Crippen LogP contribution in [0.2, 0.25) is 0 Å². The number of benzene rings is 2. The lowest BCUT2D eigenvalue weighted by molar-refractivity contribution is -0.107. The lowest BCUT2D eigenvalue weighted by atomic mass is 10.1. The highest BCUT2D eigenvalue weighted by Crippen LogP contribution is 2.31. The molecular formula is C20H20BrN3O. The van der Waals surface area contributed by atoms with Gasteiger partial charge in [-0.3, -0.25) is 4.98 Å². The molecule has 0 fully saturated rings. The molecule has 1 N–H and O–H groups in total. The number of aldehydes is 1. The number of halogens is 1. The second-order valence-electron chi connectivity index (χ2n) is 6.25. The van der Waals surface area contributed by atoms with Gasteiger partial charge in [-0.25, -0.2) is 0 Å². The summed E-state index contributed by atoms with van der Waals surface area (Å²) in [5.74, 6) is 0. The summed E-state index contributed by atoms with van der Waals surface area (Å²) >= 11 is 3.52. The van der Waals surface area contributed by atoms with E-state index in [9.17, 15) is 4.79 Å². The summed E-state index contributed by atoms with van der Waals surface area (Å²) in [4.78, 5) is 17.7. The molecule has 0 aliphatic rings. The molecule has 3 aromatic rings. The average Bonchev–Trinajstić information content (AvgIpc) is 2.58. The number of hydrogen-bond acceptors (Lipinski definition) is 4. The van der Waals surface area contributed by atoms with Crippen LogP contribution in [0.15, 0.2) is 53.1 Å². The van der Waals surface area contributed by atoms with E-state index in [1.165, 1.54) is 5.56 Å². The fraction of sp³-hybridized carbons (Fsp3) is 0.200. The Morgan fingerprint density at radius 2 is 1.92 bits per heavy atom. The number of carbonyl (C=O) groups is 1. The van der Waals surface area contributed by atoms with E-state index < -0.39 is 0 Å². The maximum atomic E-state index is 11.1. The molecule has 0 aliphatic carbocycles. The van der Waals surface area contributed by atoms with Crippen molar-refractivity contribution in [3.63, 3.8) is 0 Å². The van der Waals surface area contributed by atoms with Gasteiger partial charge in [-0.2, -0.15) is 0 Å². The zero-order valence-electron chi connectivity index (χ0n) is 14.3. The molecule has 2 aromatic carbocycles. The van der Waals surface area contributed by atoms with Gasteiger partial charge in [0.1, 0.15) is 6.29 Å². The largest absolute Gasteiger partial charge is 0.355 e. The van der Waals surface area contributed by atoms with Gasteiger partial charge in [0, 0.05) is 40.3 Å². The van der Waals surface area contributed by atoms with Crippen molar-refractivity contribution >= 4 is 44.5 Å². The van der Waals surface area contributed by atoms with E-state index in [0.29, 0.717) is 6.42 Å². The molecule has 1 heterocycles. The Labute approximate surface area is 156 Å². The summed E-state index contributed by atoms with van der Waals surface area (Å²) in [5.41, 5.74) is 4.95. The number of nitrogens with zero attached hydrogens (tertiary/aromatic N) is 2. The van der Waals surface area contributed by atoms with Gasteiger partial charge in [0.15, 0.2) is 0 Å². The topological polar surface area (TPSA) is 45.2 Å². The standard InChI is InChI=1S/C20H20BrN3O/c1-24(2)13-14-3-6-17(7-4-14)23-20-15(9-10-25)12-22-19-8-5-16(21)11-18(19)20/h3-8,10-12H,9,13H2,1-2H3,(H,22,23). The van der Waals surface area contributed by atoms with Crippen molar-refractivity contribution in [2.75, 3.05) is 19.4 Å². The van der Waals surface area contributed by atoms with Crippen molar-refractivity contribution in [2.45, 2.75) is 13.0 Å². The Morgan fingerprint density at radius 1 is 1.16 bits per heavy atom. The number of aromatic nitrogens is 1. The third kappa shape index (κ3) is 4.24. The van der Waals surface area contributed by atoms with Crippen molar-refractivity contribution in [1.82, 2.24) is 9.88 Å². The van der Waals surface area contributed by atoms with Crippen molar-refractivity contribution in [1.29, 1.82) is 0 Å². The van der Waals surface area contributed by atoms with Crippen LogP contribution in [0.5, 0.6) is 0 Å². The Kier molecular flexibility index (Phi) is 5.46. The van der Waals surface area contributed by atoms with E-state index in [0.717, 1.165) is 45.1 Å². The van der Waals surface area contributed by atoms with Crippen molar-refractivity contribution in [2.24, 2.45) is 0 Å². The monoisotopic (exact) mass is 397 g/mol. The number of anilines is 2. The fourth-order valence-corrected chi connectivity index (χ4v) is 3.16. The molecule has 5 heteroatoms. The first-order chi connectivity index (χ1) is 12.1. The number of pyridine rings is 1. The van der Waals surface area contributed by atoms with E-state index in [4.69, 9.17) is 0 Å². The molecular weight excluding hydrogens is 378 g/mol. The zero-order chi connectivity index (χ0) is 17.8. The van der Waals surface area contributed by atoms with Crippen LogP contribution < -0.4 is 5.32 Å². The Balaban J connectivity index is 1.99. The third-order valence-electron chi connectivity index (χ3n) is 3.93. The summed E-state index contributed by atoms with van der Waals surface area (Å²) in [7, 11) is 4.11. The van der Waals surface area contributed by atoms with Crippen LogP contribution in [-0.2, 0) is 17.8 Å². The first-order valence-corrected chi connectivity index (χ1v) is 8.87. The normalized spacial score (nSPS) is 11.0. The summed E-state index contributed by atoms with van der Waals surface area (Å²) in [6.07, 6.45) is 3.01. The van der Waals surface area contributed by atoms with E-state index >= 15 is 0 Å². The first kappa shape index (κ1) is 17.6. The van der Waals surface area contributed by atoms with Crippen molar-refractivity contribution in [3.8, 4) is 0 Å². The Hall–Kier alpha value is -2.24. The van der Waals surface area contributed by atoms with Gasteiger partial charge < -0.3 is 15.0 Å². The first-order valence-electron chi connectivity index (χ1n) is 8.08. The molecule has 0 spiro atoms. The molecule has 0 unspecified atom stereocenters. The highest BCUT2D eigenvalue weighted by atomic mass is 79.9. The molecule has 0 amide bonds. The number of nitrogens with one attached hydrogen (secondary N) is 1. The lowest BCUT2D eigenvalue weighted by Crippen LogP contribution is -2.10. The molecule has 128 valence electrons. The quantitative estimate of drug-likeness (QED) is 0.619. The van der Waals surface area contributed by atoms with Gasteiger partial charge in [0.05, 0.1) is 11.2 Å². The van der Waals surface area contributed by atoms with Crippen LogP contribution >= 0.6 is 15.9 Å². The minimum absolute atomic E-state index is 0.330. The van der Waals surface area contributed by atoms with Crippen LogP contribution in [0.4, 0.5) is 11.4 Å². The fourth-order valence-electron chi connectivity index (χ4n) is 2.80. The molecule has 0 aliphatic heterocycles. The summed E-state index contributed by atoms with van der Waals surface area (Å²) in [6.45, 7) is 0.905. The van der Waals surface area contributed by atoms with Gasteiger partial charge in [0.2, 0.25) is 0 Å². The number of rotatable bonds is 6. The Bertz CT molecular complexity index is 891.